The summed E-state index contributed by atoms with van der Waals surface area (Å²) >= 11 is 7.25. The first kappa shape index (κ1) is 19.0. The Bertz CT molecular complexity index is 790. The number of anilines is 1. The van der Waals surface area contributed by atoms with Crippen molar-refractivity contribution in [3.05, 3.63) is 51.2 Å². The maximum absolute atomic E-state index is 12.0. The predicted molar refractivity (Wildman–Crippen MR) is 97.1 cm³/mol. The van der Waals surface area contributed by atoms with Crippen LogP contribution in [0.1, 0.15) is 14.5 Å². The second-order valence-electron chi connectivity index (χ2n) is 5.26. The summed E-state index contributed by atoms with van der Waals surface area (Å²) in [4.78, 5) is 38.4. The molecule has 1 aromatic carbocycles. The smallest absolute Gasteiger partial charge is 0.348 e. The van der Waals surface area contributed by atoms with Gasteiger partial charge in [0.1, 0.15) is 4.88 Å². The van der Waals surface area contributed by atoms with Crippen LogP contribution in [-0.4, -0.2) is 42.9 Å². The van der Waals surface area contributed by atoms with Crippen molar-refractivity contribution in [1.82, 2.24) is 4.90 Å². The molecule has 25 heavy (non-hydrogen) atoms. The van der Waals surface area contributed by atoms with Crippen LogP contribution in [0.25, 0.3) is 0 Å². The van der Waals surface area contributed by atoms with E-state index in [1.54, 1.807) is 36.4 Å². The van der Waals surface area contributed by atoms with E-state index in [4.69, 9.17) is 16.3 Å². The van der Waals surface area contributed by atoms with Crippen molar-refractivity contribution in [2.45, 2.75) is 6.92 Å². The van der Waals surface area contributed by atoms with Gasteiger partial charge in [-0.15, -0.1) is 11.3 Å². The topological polar surface area (TPSA) is 75.7 Å². The summed E-state index contributed by atoms with van der Waals surface area (Å²) in [6, 6.07) is 10.2. The molecule has 0 atom stereocenters. The number of nitrogens with zero attached hydrogens (tertiary/aromatic N) is 1. The van der Waals surface area contributed by atoms with Crippen molar-refractivity contribution in [3.8, 4) is 0 Å². The Labute approximate surface area is 154 Å². The lowest BCUT2D eigenvalue weighted by molar-refractivity contribution is -0.136. The molecule has 1 heterocycles. The molecule has 0 fully saturated rings. The molecule has 0 spiro atoms. The third-order valence-electron chi connectivity index (χ3n) is 3.22. The largest absolute Gasteiger partial charge is 0.451 e. The quantitative estimate of drug-likeness (QED) is 0.782. The van der Waals surface area contributed by atoms with Crippen LogP contribution in [0.15, 0.2) is 36.4 Å². The Morgan fingerprint density at radius 2 is 1.92 bits per heavy atom. The van der Waals surface area contributed by atoms with Crippen molar-refractivity contribution in [2.24, 2.45) is 0 Å². The number of thiophene rings is 1. The van der Waals surface area contributed by atoms with Crippen LogP contribution < -0.4 is 5.32 Å². The van der Waals surface area contributed by atoms with E-state index >= 15 is 0 Å². The summed E-state index contributed by atoms with van der Waals surface area (Å²) in [7, 11) is 1.46. The monoisotopic (exact) mass is 380 g/mol. The fourth-order valence-corrected chi connectivity index (χ4v) is 2.85. The van der Waals surface area contributed by atoms with Crippen LogP contribution in [0, 0.1) is 6.92 Å². The standard InChI is InChI=1S/C17H17ClN2O4S/c1-11-7-8-14(25-11)17(23)24-10-16(22)20(2)9-15(21)19-13-6-4-3-5-12(13)18/h3-8H,9-10H2,1-2H3,(H,19,21). The van der Waals surface area contributed by atoms with Crippen LogP contribution >= 0.6 is 22.9 Å². The second kappa shape index (κ2) is 8.64. The van der Waals surface area contributed by atoms with Gasteiger partial charge >= 0.3 is 5.97 Å². The van der Waals surface area contributed by atoms with Gasteiger partial charge in [-0.3, -0.25) is 9.59 Å². The minimum atomic E-state index is -0.555. The van der Waals surface area contributed by atoms with Crippen molar-refractivity contribution < 1.29 is 19.1 Å². The number of amides is 2. The summed E-state index contributed by atoms with van der Waals surface area (Å²) in [5, 5.41) is 3.03. The van der Waals surface area contributed by atoms with Gasteiger partial charge in [-0.1, -0.05) is 23.7 Å². The van der Waals surface area contributed by atoms with E-state index in [-0.39, 0.29) is 6.54 Å². The molecule has 0 unspecified atom stereocenters. The highest BCUT2D eigenvalue weighted by Crippen LogP contribution is 2.20. The molecule has 0 saturated heterocycles. The van der Waals surface area contributed by atoms with Gasteiger partial charge in [-0.05, 0) is 31.2 Å². The Balaban J connectivity index is 1.80. The van der Waals surface area contributed by atoms with E-state index in [0.717, 1.165) is 4.88 Å². The summed E-state index contributed by atoms with van der Waals surface area (Å²) in [5.41, 5.74) is 0.467. The highest BCUT2D eigenvalue weighted by Gasteiger charge is 2.17. The summed E-state index contributed by atoms with van der Waals surface area (Å²) in [6.45, 7) is 1.27. The molecular formula is C17H17ClN2O4S. The number of hydrogen-bond donors (Lipinski definition) is 1. The van der Waals surface area contributed by atoms with Crippen molar-refractivity contribution in [1.29, 1.82) is 0 Å². The number of carbonyl (C=O) groups excluding carboxylic acids is 3. The molecule has 8 heteroatoms. The minimum Gasteiger partial charge on any atom is -0.451 e. The zero-order valence-electron chi connectivity index (χ0n) is 13.7. The number of halogens is 1. The van der Waals surface area contributed by atoms with Crippen LogP contribution in [0.5, 0.6) is 0 Å². The van der Waals surface area contributed by atoms with Gasteiger partial charge in [0.2, 0.25) is 5.91 Å². The number of likely N-dealkylation sites (N-methyl/N-ethyl adjacent to an activating group) is 1. The number of ether oxygens (including phenoxy) is 1. The number of esters is 1. The van der Waals surface area contributed by atoms with Gasteiger partial charge in [-0.25, -0.2) is 4.79 Å². The number of carbonyl (C=O) groups is 3. The Hall–Kier alpha value is -2.38. The molecule has 0 bridgehead atoms. The Morgan fingerprint density at radius 3 is 2.56 bits per heavy atom. The molecule has 0 radical (unpaired) electrons. The normalized spacial score (nSPS) is 10.2. The van der Waals surface area contributed by atoms with E-state index in [0.29, 0.717) is 15.6 Å². The lowest BCUT2D eigenvalue weighted by atomic mass is 10.3. The predicted octanol–water partition coefficient (Wildman–Crippen LogP) is 2.96. The van der Waals surface area contributed by atoms with Crippen molar-refractivity contribution in [3.63, 3.8) is 0 Å². The lowest BCUT2D eigenvalue weighted by Gasteiger charge is -2.17. The van der Waals surface area contributed by atoms with Crippen molar-refractivity contribution >= 4 is 46.4 Å². The Morgan fingerprint density at radius 1 is 1.20 bits per heavy atom. The molecule has 0 saturated carbocycles. The number of hydrogen-bond acceptors (Lipinski definition) is 5. The number of aryl methyl sites for hydroxylation is 1. The summed E-state index contributed by atoms with van der Waals surface area (Å²) < 4.78 is 4.97. The molecule has 2 rings (SSSR count). The molecule has 0 aliphatic rings. The van der Waals surface area contributed by atoms with Gasteiger partial charge in [-0.2, -0.15) is 0 Å². The van der Waals surface area contributed by atoms with E-state index in [1.165, 1.54) is 23.3 Å². The zero-order valence-corrected chi connectivity index (χ0v) is 15.3. The van der Waals surface area contributed by atoms with Gasteiger partial charge in [0, 0.05) is 11.9 Å². The average Bonchev–Trinajstić information content (AvgIpc) is 3.01. The first-order valence-corrected chi connectivity index (χ1v) is 8.58. The molecule has 1 aromatic heterocycles. The minimum absolute atomic E-state index is 0.181. The molecule has 2 amide bonds. The maximum Gasteiger partial charge on any atom is 0.348 e. The lowest BCUT2D eigenvalue weighted by Crippen LogP contribution is -2.37. The van der Waals surface area contributed by atoms with Crippen LogP contribution in [0.2, 0.25) is 5.02 Å². The first-order valence-electron chi connectivity index (χ1n) is 7.38. The van der Waals surface area contributed by atoms with E-state index in [2.05, 4.69) is 5.32 Å². The van der Waals surface area contributed by atoms with Gasteiger partial charge < -0.3 is 15.0 Å². The second-order valence-corrected chi connectivity index (χ2v) is 6.96. The first-order chi connectivity index (χ1) is 11.9. The molecule has 0 aliphatic heterocycles. The summed E-state index contributed by atoms with van der Waals surface area (Å²) in [6.07, 6.45) is 0. The fraction of sp³-hybridized carbons (Fsp3) is 0.235. The number of benzene rings is 1. The highest BCUT2D eigenvalue weighted by atomic mass is 35.5. The molecular weight excluding hydrogens is 364 g/mol. The van der Waals surface area contributed by atoms with E-state index < -0.39 is 24.4 Å². The molecule has 0 aliphatic carbocycles. The number of nitrogens with one attached hydrogen (secondary N) is 1. The molecule has 2 aromatic rings. The van der Waals surface area contributed by atoms with Gasteiger partial charge in [0.25, 0.3) is 5.91 Å². The van der Waals surface area contributed by atoms with Gasteiger partial charge in [0.15, 0.2) is 6.61 Å². The van der Waals surface area contributed by atoms with Crippen LogP contribution in [0.4, 0.5) is 5.69 Å². The van der Waals surface area contributed by atoms with E-state index in [9.17, 15) is 14.4 Å². The molecule has 132 valence electrons. The summed E-state index contributed by atoms with van der Waals surface area (Å²) in [5.74, 6) is -1.43. The highest BCUT2D eigenvalue weighted by molar-refractivity contribution is 7.13. The number of rotatable bonds is 6. The van der Waals surface area contributed by atoms with Gasteiger partial charge in [0.05, 0.1) is 17.3 Å². The van der Waals surface area contributed by atoms with Crippen molar-refractivity contribution in [2.75, 3.05) is 25.5 Å². The molecule has 1 N–H and O–H groups in total. The third-order valence-corrected chi connectivity index (χ3v) is 4.53. The maximum atomic E-state index is 12.0. The fourth-order valence-electron chi connectivity index (χ4n) is 1.91. The van der Waals surface area contributed by atoms with Crippen LogP contribution in [0.3, 0.4) is 0 Å². The SMILES string of the molecule is Cc1ccc(C(=O)OCC(=O)N(C)CC(=O)Nc2ccccc2Cl)s1. The Kier molecular flexibility index (Phi) is 6.55. The number of para-hydroxylation sites is 1. The zero-order chi connectivity index (χ0) is 18.4. The van der Waals surface area contributed by atoms with Crippen LogP contribution in [-0.2, 0) is 14.3 Å². The average molecular weight is 381 g/mol. The molecule has 6 nitrogen and oxygen atoms in total. The third kappa shape index (κ3) is 5.58. The van der Waals surface area contributed by atoms with E-state index in [1.807, 2.05) is 6.92 Å².